The van der Waals surface area contributed by atoms with E-state index in [1.807, 2.05) is 12.3 Å². The third-order valence-electron chi connectivity index (χ3n) is 6.31. The van der Waals surface area contributed by atoms with E-state index in [9.17, 15) is 0 Å². The molecule has 0 aliphatic carbocycles. The molecule has 37 heavy (non-hydrogen) atoms. The zero-order chi connectivity index (χ0) is 24.8. The van der Waals surface area contributed by atoms with Crippen molar-refractivity contribution in [3.8, 4) is 0 Å². The second-order valence-electron chi connectivity index (χ2n) is 10.2. The molecular formula is C30H42Br2CoN4. The van der Waals surface area contributed by atoms with E-state index in [0.29, 0.717) is 12.1 Å². The summed E-state index contributed by atoms with van der Waals surface area (Å²) >= 11 is 0. The molecule has 3 aromatic rings. The van der Waals surface area contributed by atoms with E-state index < -0.39 is 0 Å². The summed E-state index contributed by atoms with van der Waals surface area (Å²) < 4.78 is 0. The van der Waals surface area contributed by atoms with E-state index in [1.54, 1.807) is 0 Å². The number of aromatic nitrogens is 1. The standard InChI is InChI=1S/C30H42N4.2BrH.Co/c1-20-13-22(3)29(23(4)14-20)32-26(7)17-34(19-28-11-9-10-12-31-28)18-27(8)33-30-24(5)15-21(2)16-25(30)6;;;/h9-16,26-27,32-33H,17-19H2,1-8H3;2*1H;/q;;;+2/p-2. The third kappa shape index (κ3) is 10.7. The van der Waals surface area contributed by atoms with Crippen LogP contribution in [-0.4, -0.2) is 35.1 Å². The summed E-state index contributed by atoms with van der Waals surface area (Å²) in [6.07, 6.45) is 1.88. The van der Waals surface area contributed by atoms with Gasteiger partial charge in [-0.1, -0.05) is 41.5 Å². The Labute approximate surface area is 256 Å². The SMILES string of the molecule is Cc1cc(C)c(NC(C)CN(Cc2ccccn2)CC(C)Nc2c(C)cc(C)cc2C)c(C)c1.[Br-].[Br-].[Co+2]. The summed E-state index contributed by atoms with van der Waals surface area (Å²) in [4.78, 5) is 7.10. The van der Waals surface area contributed by atoms with Crippen LogP contribution >= 0.6 is 0 Å². The molecule has 4 nitrogen and oxygen atoms in total. The predicted molar refractivity (Wildman–Crippen MR) is 147 cm³/mol. The van der Waals surface area contributed by atoms with Crippen molar-refractivity contribution in [2.45, 2.75) is 74.0 Å². The number of nitrogens with zero attached hydrogens (tertiary/aromatic N) is 2. The van der Waals surface area contributed by atoms with Crippen LogP contribution in [0.4, 0.5) is 11.4 Å². The zero-order valence-corrected chi connectivity index (χ0v) is 27.6. The molecule has 2 N–H and O–H groups in total. The molecule has 3 rings (SSSR count). The van der Waals surface area contributed by atoms with Gasteiger partial charge in [0.15, 0.2) is 0 Å². The van der Waals surface area contributed by atoms with Crippen molar-refractivity contribution in [3.05, 3.63) is 87.7 Å². The minimum atomic E-state index is 0. The fourth-order valence-corrected chi connectivity index (χ4v) is 5.10. The number of benzene rings is 2. The number of anilines is 2. The summed E-state index contributed by atoms with van der Waals surface area (Å²) in [5.41, 5.74) is 11.5. The average molecular weight is 677 g/mol. The maximum atomic E-state index is 4.59. The van der Waals surface area contributed by atoms with Crippen LogP contribution in [0.25, 0.3) is 0 Å². The molecule has 0 aliphatic rings. The summed E-state index contributed by atoms with van der Waals surface area (Å²) in [5.74, 6) is 0. The van der Waals surface area contributed by atoms with Crippen LogP contribution < -0.4 is 44.6 Å². The van der Waals surface area contributed by atoms with E-state index in [-0.39, 0.29) is 50.7 Å². The van der Waals surface area contributed by atoms with E-state index >= 15 is 0 Å². The van der Waals surface area contributed by atoms with Gasteiger partial charge in [0.1, 0.15) is 0 Å². The fourth-order valence-electron chi connectivity index (χ4n) is 5.10. The number of halogens is 2. The first-order valence-corrected chi connectivity index (χ1v) is 12.4. The summed E-state index contributed by atoms with van der Waals surface area (Å²) in [6.45, 7) is 20.3. The molecule has 0 saturated carbocycles. The van der Waals surface area contributed by atoms with Gasteiger partial charge in [-0.15, -0.1) is 0 Å². The Hall–Kier alpha value is -1.38. The van der Waals surface area contributed by atoms with E-state index in [0.717, 1.165) is 25.3 Å². The van der Waals surface area contributed by atoms with E-state index in [4.69, 9.17) is 0 Å². The van der Waals surface area contributed by atoms with Crippen molar-refractivity contribution in [1.29, 1.82) is 0 Å². The van der Waals surface area contributed by atoms with Gasteiger partial charge in [-0.05, 0) is 89.8 Å². The Kier molecular flexibility index (Phi) is 15.9. The van der Waals surface area contributed by atoms with E-state index in [2.05, 4.69) is 112 Å². The van der Waals surface area contributed by atoms with Crippen molar-refractivity contribution in [1.82, 2.24) is 9.88 Å². The van der Waals surface area contributed by atoms with Crippen LogP contribution in [0.15, 0.2) is 48.7 Å². The Bertz CT molecular complexity index is 994. The molecule has 2 unspecified atom stereocenters. The topological polar surface area (TPSA) is 40.2 Å². The molecule has 0 amide bonds. The Morgan fingerprint density at radius 1 is 0.703 bits per heavy atom. The van der Waals surface area contributed by atoms with Gasteiger partial charge >= 0.3 is 16.8 Å². The normalized spacial score (nSPS) is 12.0. The molecule has 1 aromatic heterocycles. The number of hydrogen-bond donors (Lipinski definition) is 2. The van der Waals surface area contributed by atoms with Gasteiger partial charge in [0.2, 0.25) is 0 Å². The minimum Gasteiger partial charge on any atom is -1.00 e. The quantitative estimate of drug-likeness (QED) is 0.333. The maximum absolute atomic E-state index is 4.59. The van der Waals surface area contributed by atoms with Crippen molar-refractivity contribution in [2.24, 2.45) is 0 Å². The van der Waals surface area contributed by atoms with Crippen LogP contribution in [0.2, 0.25) is 0 Å². The molecule has 205 valence electrons. The first-order valence-electron chi connectivity index (χ1n) is 12.4. The number of pyridine rings is 1. The number of nitrogens with one attached hydrogen (secondary N) is 2. The van der Waals surface area contributed by atoms with Gasteiger partial charge in [0.25, 0.3) is 0 Å². The Balaban J connectivity index is 0.00000432. The number of hydrogen-bond acceptors (Lipinski definition) is 4. The van der Waals surface area contributed by atoms with Crippen molar-refractivity contribution in [2.75, 3.05) is 23.7 Å². The van der Waals surface area contributed by atoms with Crippen LogP contribution in [-0.2, 0) is 23.3 Å². The van der Waals surface area contributed by atoms with Crippen LogP contribution in [0.3, 0.4) is 0 Å². The smallest absolute Gasteiger partial charge is 1.00 e. The Morgan fingerprint density at radius 3 is 1.46 bits per heavy atom. The first-order chi connectivity index (χ1) is 16.1. The molecule has 0 fully saturated rings. The summed E-state index contributed by atoms with van der Waals surface area (Å²) in [7, 11) is 0. The molecule has 0 saturated heterocycles. The van der Waals surface area contributed by atoms with Crippen LogP contribution in [0.5, 0.6) is 0 Å². The van der Waals surface area contributed by atoms with Crippen molar-refractivity contribution < 1.29 is 50.7 Å². The van der Waals surface area contributed by atoms with Crippen LogP contribution in [0, 0.1) is 41.5 Å². The average Bonchev–Trinajstić information content (AvgIpc) is 2.74. The predicted octanol–water partition coefficient (Wildman–Crippen LogP) is 0.741. The number of rotatable bonds is 10. The molecule has 1 heterocycles. The van der Waals surface area contributed by atoms with Gasteiger partial charge in [-0.25, -0.2) is 0 Å². The van der Waals surface area contributed by atoms with Gasteiger partial charge in [-0.3, -0.25) is 9.88 Å². The second kappa shape index (κ2) is 16.6. The fraction of sp³-hybridized carbons (Fsp3) is 0.433. The van der Waals surface area contributed by atoms with Gasteiger partial charge in [0.05, 0.1) is 5.69 Å². The molecule has 0 aliphatic heterocycles. The zero-order valence-electron chi connectivity index (χ0n) is 23.4. The van der Waals surface area contributed by atoms with Gasteiger partial charge < -0.3 is 44.6 Å². The molecule has 2 atom stereocenters. The van der Waals surface area contributed by atoms with Crippen LogP contribution in [0.1, 0.15) is 52.9 Å². The van der Waals surface area contributed by atoms with Crippen molar-refractivity contribution in [3.63, 3.8) is 0 Å². The van der Waals surface area contributed by atoms with Gasteiger partial charge in [-0.2, -0.15) is 0 Å². The Morgan fingerprint density at radius 2 is 1.11 bits per heavy atom. The first kappa shape index (κ1) is 35.6. The second-order valence-corrected chi connectivity index (χ2v) is 10.2. The molecule has 2 aromatic carbocycles. The molecule has 0 spiro atoms. The largest absolute Gasteiger partial charge is 2.00 e. The molecular weight excluding hydrogens is 635 g/mol. The third-order valence-corrected chi connectivity index (χ3v) is 6.31. The summed E-state index contributed by atoms with van der Waals surface area (Å²) in [5, 5.41) is 7.57. The molecule has 1 radical (unpaired) electrons. The number of aryl methyl sites for hydroxylation is 6. The minimum absolute atomic E-state index is 0. The van der Waals surface area contributed by atoms with Gasteiger partial charge in [0, 0.05) is 49.3 Å². The molecule has 0 bridgehead atoms. The monoisotopic (exact) mass is 675 g/mol. The summed E-state index contributed by atoms with van der Waals surface area (Å²) in [6, 6.07) is 15.8. The van der Waals surface area contributed by atoms with E-state index in [1.165, 1.54) is 44.8 Å². The van der Waals surface area contributed by atoms with Crippen molar-refractivity contribution >= 4 is 11.4 Å². The maximum Gasteiger partial charge on any atom is 2.00 e. The molecule has 7 heteroatoms.